The van der Waals surface area contributed by atoms with Crippen LogP contribution in [0, 0.1) is 12.8 Å². The lowest BCUT2D eigenvalue weighted by molar-refractivity contribution is 0.0775. The minimum atomic E-state index is 0.0463. The van der Waals surface area contributed by atoms with E-state index in [0.717, 1.165) is 49.3 Å². The first-order valence-corrected chi connectivity index (χ1v) is 9.82. The van der Waals surface area contributed by atoms with Crippen molar-refractivity contribution >= 4 is 16.9 Å². The van der Waals surface area contributed by atoms with Gasteiger partial charge in [-0.3, -0.25) is 14.4 Å². The van der Waals surface area contributed by atoms with Crippen LogP contribution >= 0.6 is 0 Å². The molecule has 0 bridgehead atoms. The van der Waals surface area contributed by atoms with Gasteiger partial charge in [0.15, 0.2) is 5.65 Å². The number of benzene rings is 1. The molecule has 28 heavy (non-hydrogen) atoms. The third kappa shape index (κ3) is 3.78. The molecular weight excluding hydrogens is 350 g/mol. The molecule has 6 nitrogen and oxygen atoms in total. The number of carbonyl (C=O) groups excluding carboxylic acids is 1. The van der Waals surface area contributed by atoms with E-state index in [1.807, 2.05) is 32.0 Å². The molecule has 1 amide bonds. The largest absolute Gasteiger partial charge is 0.341 e. The molecule has 0 saturated carbocycles. The van der Waals surface area contributed by atoms with Crippen molar-refractivity contribution in [2.75, 3.05) is 26.7 Å². The molecule has 1 saturated heterocycles. The summed E-state index contributed by atoms with van der Waals surface area (Å²) in [4.78, 5) is 22.0. The van der Waals surface area contributed by atoms with Gasteiger partial charge >= 0.3 is 0 Å². The smallest absolute Gasteiger partial charge is 0.254 e. The van der Waals surface area contributed by atoms with Gasteiger partial charge in [-0.1, -0.05) is 30.3 Å². The highest BCUT2D eigenvalue weighted by Crippen LogP contribution is 2.22. The molecule has 146 valence electrons. The first-order chi connectivity index (χ1) is 13.5. The number of nitrogens with zero attached hydrogens (tertiary/aromatic N) is 5. The average molecular weight is 377 g/mol. The Labute approximate surface area is 165 Å². The molecule has 6 heteroatoms. The minimum Gasteiger partial charge on any atom is -0.341 e. The van der Waals surface area contributed by atoms with Crippen LogP contribution in [-0.4, -0.2) is 57.2 Å². The highest BCUT2D eigenvalue weighted by molar-refractivity contribution is 6.05. The minimum absolute atomic E-state index is 0.0463. The molecule has 1 atom stereocenters. The molecule has 0 unspecified atom stereocenters. The van der Waals surface area contributed by atoms with Crippen LogP contribution in [0.4, 0.5) is 0 Å². The van der Waals surface area contributed by atoms with E-state index in [9.17, 15) is 4.79 Å². The van der Waals surface area contributed by atoms with Gasteiger partial charge in [-0.05, 0) is 37.4 Å². The SMILES string of the molecule is Cc1cc(C(=O)N(C)C[C@@H]2CCN(Cc3ccccc3)C2)c2cnn(C)c2n1. The Morgan fingerprint density at radius 2 is 2.07 bits per heavy atom. The van der Waals surface area contributed by atoms with Crippen molar-refractivity contribution in [1.29, 1.82) is 0 Å². The number of likely N-dealkylation sites (tertiary alicyclic amines) is 1. The lowest BCUT2D eigenvalue weighted by Crippen LogP contribution is -2.33. The van der Waals surface area contributed by atoms with Crippen molar-refractivity contribution in [3.63, 3.8) is 0 Å². The first-order valence-electron chi connectivity index (χ1n) is 9.82. The molecule has 0 aliphatic carbocycles. The number of carbonyl (C=O) groups is 1. The number of amides is 1. The van der Waals surface area contributed by atoms with Crippen LogP contribution in [-0.2, 0) is 13.6 Å². The Kier molecular flexibility index (Phi) is 5.13. The van der Waals surface area contributed by atoms with Crippen LogP contribution < -0.4 is 0 Å². The van der Waals surface area contributed by atoms with E-state index in [2.05, 4.69) is 45.3 Å². The van der Waals surface area contributed by atoms with Crippen LogP contribution in [0.2, 0.25) is 0 Å². The van der Waals surface area contributed by atoms with Crippen LogP contribution in [0.5, 0.6) is 0 Å². The molecule has 0 N–H and O–H groups in total. The molecule has 0 spiro atoms. The van der Waals surface area contributed by atoms with Crippen molar-refractivity contribution in [2.45, 2.75) is 19.9 Å². The number of aryl methyl sites for hydroxylation is 2. The summed E-state index contributed by atoms with van der Waals surface area (Å²) in [7, 11) is 3.76. The Morgan fingerprint density at radius 3 is 2.86 bits per heavy atom. The summed E-state index contributed by atoms with van der Waals surface area (Å²) in [6, 6.07) is 12.5. The molecule has 3 heterocycles. The lowest BCUT2D eigenvalue weighted by atomic mass is 10.1. The van der Waals surface area contributed by atoms with Gasteiger partial charge in [-0.15, -0.1) is 0 Å². The maximum absolute atomic E-state index is 13.1. The summed E-state index contributed by atoms with van der Waals surface area (Å²) in [5.74, 6) is 0.551. The first kappa shape index (κ1) is 18.6. The highest BCUT2D eigenvalue weighted by atomic mass is 16.2. The normalized spacial score (nSPS) is 17.3. The quantitative estimate of drug-likeness (QED) is 0.686. The van der Waals surface area contributed by atoms with Gasteiger partial charge in [0.2, 0.25) is 0 Å². The number of fused-ring (bicyclic) bond motifs is 1. The van der Waals surface area contributed by atoms with E-state index in [-0.39, 0.29) is 5.91 Å². The molecule has 0 radical (unpaired) electrons. The second kappa shape index (κ2) is 7.72. The lowest BCUT2D eigenvalue weighted by Gasteiger charge is -2.22. The summed E-state index contributed by atoms with van der Waals surface area (Å²) < 4.78 is 1.72. The summed E-state index contributed by atoms with van der Waals surface area (Å²) in [6.07, 6.45) is 2.86. The zero-order chi connectivity index (χ0) is 19.7. The fourth-order valence-corrected chi connectivity index (χ4v) is 4.14. The number of hydrogen-bond acceptors (Lipinski definition) is 4. The number of rotatable bonds is 5. The molecule has 4 rings (SSSR count). The van der Waals surface area contributed by atoms with Crippen LogP contribution in [0.15, 0.2) is 42.6 Å². The van der Waals surface area contributed by atoms with Gasteiger partial charge in [0.1, 0.15) is 0 Å². The van der Waals surface area contributed by atoms with E-state index in [1.165, 1.54) is 5.56 Å². The number of aromatic nitrogens is 3. The maximum atomic E-state index is 13.1. The molecule has 3 aromatic rings. The second-order valence-electron chi connectivity index (χ2n) is 7.88. The highest BCUT2D eigenvalue weighted by Gasteiger charge is 2.26. The third-order valence-corrected chi connectivity index (χ3v) is 5.56. The van der Waals surface area contributed by atoms with Gasteiger partial charge < -0.3 is 4.90 Å². The molecule has 1 fully saturated rings. The molecule has 1 aromatic carbocycles. The Bertz CT molecular complexity index is 981. The van der Waals surface area contributed by atoms with Crippen LogP contribution in [0.25, 0.3) is 11.0 Å². The molecule has 1 aliphatic heterocycles. The number of pyridine rings is 1. The predicted octanol–water partition coefficient (Wildman–Crippen LogP) is 2.87. The fraction of sp³-hybridized carbons (Fsp3) is 0.409. The Morgan fingerprint density at radius 1 is 1.29 bits per heavy atom. The zero-order valence-corrected chi connectivity index (χ0v) is 16.8. The van der Waals surface area contributed by atoms with Gasteiger partial charge in [0.25, 0.3) is 5.91 Å². The Hall–Kier alpha value is -2.73. The van der Waals surface area contributed by atoms with Gasteiger partial charge in [-0.2, -0.15) is 5.10 Å². The summed E-state index contributed by atoms with van der Waals surface area (Å²) in [5, 5.41) is 5.09. The zero-order valence-electron chi connectivity index (χ0n) is 16.8. The van der Waals surface area contributed by atoms with Crippen molar-refractivity contribution < 1.29 is 4.79 Å². The van der Waals surface area contributed by atoms with Crippen molar-refractivity contribution in [3.05, 3.63) is 59.4 Å². The predicted molar refractivity (Wildman–Crippen MR) is 110 cm³/mol. The molecular formula is C22H27N5O. The van der Waals surface area contributed by atoms with E-state index in [4.69, 9.17) is 0 Å². The van der Waals surface area contributed by atoms with Crippen molar-refractivity contribution in [3.8, 4) is 0 Å². The monoisotopic (exact) mass is 377 g/mol. The number of hydrogen-bond donors (Lipinski definition) is 0. The van der Waals surface area contributed by atoms with Gasteiger partial charge in [0.05, 0.1) is 17.1 Å². The van der Waals surface area contributed by atoms with Crippen molar-refractivity contribution in [2.24, 2.45) is 13.0 Å². The van der Waals surface area contributed by atoms with E-state index in [1.54, 1.807) is 10.9 Å². The molecule has 1 aliphatic rings. The molecule has 2 aromatic heterocycles. The summed E-state index contributed by atoms with van der Waals surface area (Å²) >= 11 is 0. The van der Waals surface area contributed by atoms with Crippen molar-refractivity contribution in [1.82, 2.24) is 24.6 Å². The fourth-order valence-electron chi connectivity index (χ4n) is 4.14. The van der Waals surface area contributed by atoms with Crippen LogP contribution in [0.1, 0.15) is 28.0 Å². The van der Waals surface area contributed by atoms with E-state index >= 15 is 0 Å². The Balaban J connectivity index is 1.42. The average Bonchev–Trinajstić information content (AvgIpc) is 3.28. The van der Waals surface area contributed by atoms with E-state index in [0.29, 0.717) is 11.5 Å². The van der Waals surface area contributed by atoms with Crippen LogP contribution in [0.3, 0.4) is 0 Å². The summed E-state index contributed by atoms with van der Waals surface area (Å²) in [6.45, 7) is 5.79. The third-order valence-electron chi connectivity index (χ3n) is 5.56. The standard InChI is InChI=1S/C22H27N5O/c1-16-11-19(20-12-23-26(3)21(20)24-16)22(28)25(2)13-18-9-10-27(15-18)14-17-7-5-4-6-8-17/h4-8,11-12,18H,9-10,13-15H2,1-3H3/t18-/m0/s1. The summed E-state index contributed by atoms with van der Waals surface area (Å²) in [5.41, 5.74) is 3.63. The second-order valence-corrected chi connectivity index (χ2v) is 7.88. The van der Waals surface area contributed by atoms with Gasteiger partial charge in [0, 0.05) is 39.4 Å². The van der Waals surface area contributed by atoms with E-state index < -0.39 is 0 Å². The topological polar surface area (TPSA) is 54.3 Å². The van der Waals surface area contributed by atoms with Gasteiger partial charge in [-0.25, -0.2) is 4.98 Å². The maximum Gasteiger partial charge on any atom is 0.254 e.